The van der Waals surface area contributed by atoms with E-state index in [1.807, 2.05) is 12.3 Å². The van der Waals surface area contributed by atoms with Crippen molar-refractivity contribution in [3.63, 3.8) is 0 Å². The number of nitrogens with zero attached hydrogens (tertiary/aromatic N) is 1. The Bertz CT molecular complexity index is 528. The fourth-order valence-electron chi connectivity index (χ4n) is 2.60. The number of fused-ring (bicyclic) bond motifs is 1. The molecule has 0 radical (unpaired) electrons. The van der Waals surface area contributed by atoms with Crippen LogP contribution in [0.25, 0.3) is 10.9 Å². The molecule has 0 saturated heterocycles. The highest BCUT2D eigenvalue weighted by Gasteiger charge is 2.14. The fourth-order valence-corrected chi connectivity index (χ4v) is 2.60. The van der Waals surface area contributed by atoms with E-state index < -0.39 is 0 Å². The van der Waals surface area contributed by atoms with Crippen LogP contribution in [0.15, 0.2) is 36.5 Å². The minimum atomic E-state index is 0.413. The molecular weight excluding hydrogens is 244 g/mol. The summed E-state index contributed by atoms with van der Waals surface area (Å²) in [4.78, 5) is 4.60. The van der Waals surface area contributed by atoms with Gasteiger partial charge in [-0.2, -0.15) is 0 Å². The molecule has 1 atom stereocenters. The molecule has 2 nitrogen and oxygen atoms in total. The summed E-state index contributed by atoms with van der Waals surface area (Å²) < 4.78 is 0. The standard InChI is InChI=1S/C18H26N2/c1-4-12-19-17(11-10-14(2)3)16-9-5-7-15-8-6-13-20-18(15)16/h5-9,13-14,17,19H,4,10-12H2,1-3H3. The van der Waals surface area contributed by atoms with E-state index in [0.717, 1.165) is 24.4 Å². The van der Waals surface area contributed by atoms with Crippen LogP contribution in [-0.4, -0.2) is 11.5 Å². The number of hydrogen-bond donors (Lipinski definition) is 1. The molecule has 0 bridgehead atoms. The summed E-state index contributed by atoms with van der Waals surface area (Å²) in [5.74, 6) is 0.740. The summed E-state index contributed by atoms with van der Waals surface area (Å²) in [7, 11) is 0. The molecule has 2 rings (SSSR count). The van der Waals surface area contributed by atoms with Gasteiger partial charge in [-0.3, -0.25) is 4.98 Å². The molecule has 0 aliphatic carbocycles. The lowest BCUT2D eigenvalue weighted by atomic mass is 9.95. The summed E-state index contributed by atoms with van der Waals surface area (Å²) in [6, 6.07) is 11.1. The molecule has 1 N–H and O–H groups in total. The summed E-state index contributed by atoms with van der Waals surface area (Å²) in [5.41, 5.74) is 2.49. The van der Waals surface area contributed by atoms with Crippen LogP contribution in [0.3, 0.4) is 0 Å². The van der Waals surface area contributed by atoms with E-state index in [9.17, 15) is 0 Å². The van der Waals surface area contributed by atoms with Gasteiger partial charge in [0, 0.05) is 17.6 Å². The Balaban J connectivity index is 2.29. The number of hydrogen-bond acceptors (Lipinski definition) is 2. The van der Waals surface area contributed by atoms with Gasteiger partial charge in [0.25, 0.3) is 0 Å². The third-order valence-corrected chi connectivity index (χ3v) is 3.71. The Morgan fingerprint density at radius 3 is 2.65 bits per heavy atom. The average molecular weight is 270 g/mol. The average Bonchev–Trinajstić information content (AvgIpc) is 2.47. The first-order chi connectivity index (χ1) is 9.72. The molecule has 0 aliphatic heterocycles. The predicted octanol–water partition coefficient (Wildman–Crippen LogP) is 4.71. The van der Waals surface area contributed by atoms with Gasteiger partial charge < -0.3 is 5.32 Å². The molecule has 1 aromatic heterocycles. The van der Waals surface area contributed by atoms with E-state index in [1.165, 1.54) is 23.8 Å². The van der Waals surface area contributed by atoms with Crippen molar-refractivity contribution < 1.29 is 0 Å². The Labute approximate surface area is 122 Å². The minimum absolute atomic E-state index is 0.413. The molecule has 1 aromatic carbocycles. The molecule has 1 unspecified atom stereocenters. The Hall–Kier alpha value is -1.41. The molecule has 2 aromatic rings. The third kappa shape index (κ3) is 3.80. The number of para-hydroxylation sites is 1. The Morgan fingerprint density at radius 1 is 1.10 bits per heavy atom. The zero-order valence-electron chi connectivity index (χ0n) is 12.9. The van der Waals surface area contributed by atoms with Crippen LogP contribution < -0.4 is 5.32 Å². The van der Waals surface area contributed by atoms with E-state index in [2.05, 4.69) is 55.3 Å². The lowest BCUT2D eigenvalue weighted by Crippen LogP contribution is -2.23. The van der Waals surface area contributed by atoms with Gasteiger partial charge in [0.05, 0.1) is 5.52 Å². The highest BCUT2D eigenvalue weighted by atomic mass is 14.9. The fraction of sp³-hybridized carbons (Fsp3) is 0.500. The molecule has 20 heavy (non-hydrogen) atoms. The van der Waals surface area contributed by atoms with E-state index in [1.54, 1.807) is 0 Å². The van der Waals surface area contributed by atoms with Crippen LogP contribution in [0, 0.1) is 5.92 Å². The van der Waals surface area contributed by atoms with Crippen LogP contribution >= 0.6 is 0 Å². The number of rotatable bonds is 7. The van der Waals surface area contributed by atoms with Crippen LogP contribution in [0.2, 0.25) is 0 Å². The van der Waals surface area contributed by atoms with Gasteiger partial charge in [-0.1, -0.05) is 45.0 Å². The van der Waals surface area contributed by atoms with Crippen molar-refractivity contribution >= 4 is 10.9 Å². The number of aromatic nitrogens is 1. The molecule has 0 amide bonds. The Morgan fingerprint density at radius 2 is 1.90 bits per heavy atom. The zero-order valence-corrected chi connectivity index (χ0v) is 12.9. The van der Waals surface area contributed by atoms with Gasteiger partial charge >= 0.3 is 0 Å². The monoisotopic (exact) mass is 270 g/mol. The van der Waals surface area contributed by atoms with Crippen LogP contribution in [-0.2, 0) is 0 Å². The lowest BCUT2D eigenvalue weighted by molar-refractivity contribution is 0.442. The normalized spacial score (nSPS) is 13.0. The summed E-state index contributed by atoms with van der Waals surface area (Å²) in [6.07, 6.45) is 5.47. The van der Waals surface area contributed by atoms with Gasteiger partial charge in [0.1, 0.15) is 0 Å². The zero-order chi connectivity index (χ0) is 14.4. The predicted molar refractivity (Wildman–Crippen MR) is 86.8 cm³/mol. The topological polar surface area (TPSA) is 24.9 Å². The summed E-state index contributed by atoms with van der Waals surface area (Å²) in [6.45, 7) is 7.86. The van der Waals surface area contributed by atoms with Gasteiger partial charge in [0.15, 0.2) is 0 Å². The Kier molecular flexibility index (Phi) is 5.54. The molecule has 1 heterocycles. The highest BCUT2D eigenvalue weighted by molar-refractivity contribution is 5.81. The van der Waals surface area contributed by atoms with E-state index in [0.29, 0.717) is 6.04 Å². The first-order valence-corrected chi connectivity index (χ1v) is 7.79. The van der Waals surface area contributed by atoms with Crippen molar-refractivity contribution in [2.75, 3.05) is 6.54 Å². The van der Waals surface area contributed by atoms with Crippen molar-refractivity contribution in [1.82, 2.24) is 10.3 Å². The smallest absolute Gasteiger partial charge is 0.0749 e. The van der Waals surface area contributed by atoms with E-state index in [-0.39, 0.29) is 0 Å². The summed E-state index contributed by atoms with van der Waals surface area (Å²) >= 11 is 0. The molecule has 2 heteroatoms. The van der Waals surface area contributed by atoms with Gasteiger partial charge in [-0.25, -0.2) is 0 Å². The quantitative estimate of drug-likeness (QED) is 0.788. The molecule has 0 spiro atoms. The largest absolute Gasteiger partial charge is 0.310 e. The molecule has 108 valence electrons. The lowest BCUT2D eigenvalue weighted by Gasteiger charge is -2.21. The second kappa shape index (κ2) is 7.39. The molecule has 0 fully saturated rings. The number of pyridine rings is 1. The van der Waals surface area contributed by atoms with Crippen LogP contribution in [0.5, 0.6) is 0 Å². The minimum Gasteiger partial charge on any atom is -0.310 e. The van der Waals surface area contributed by atoms with E-state index in [4.69, 9.17) is 0 Å². The highest BCUT2D eigenvalue weighted by Crippen LogP contribution is 2.26. The maximum Gasteiger partial charge on any atom is 0.0749 e. The SMILES string of the molecule is CCCNC(CCC(C)C)c1cccc2cccnc12. The van der Waals surface area contributed by atoms with Gasteiger partial charge in [-0.15, -0.1) is 0 Å². The van der Waals surface area contributed by atoms with Crippen LogP contribution in [0.1, 0.15) is 51.6 Å². The summed E-state index contributed by atoms with van der Waals surface area (Å²) in [5, 5.41) is 4.93. The van der Waals surface area contributed by atoms with Crippen molar-refractivity contribution in [2.45, 2.75) is 46.1 Å². The maximum absolute atomic E-state index is 4.60. The number of nitrogens with one attached hydrogen (secondary N) is 1. The van der Waals surface area contributed by atoms with Crippen molar-refractivity contribution in [1.29, 1.82) is 0 Å². The van der Waals surface area contributed by atoms with E-state index >= 15 is 0 Å². The second-order valence-electron chi connectivity index (χ2n) is 5.90. The third-order valence-electron chi connectivity index (χ3n) is 3.71. The first kappa shape index (κ1) is 15.0. The van der Waals surface area contributed by atoms with Gasteiger partial charge in [0.2, 0.25) is 0 Å². The maximum atomic E-state index is 4.60. The van der Waals surface area contributed by atoms with Crippen LogP contribution in [0.4, 0.5) is 0 Å². The first-order valence-electron chi connectivity index (χ1n) is 7.79. The van der Waals surface area contributed by atoms with Crippen molar-refractivity contribution in [3.8, 4) is 0 Å². The molecule has 0 saturated carbocycles. The van der Waals surface area contributed by atoms with Crippen molar-refractivity contribution in [3.05, 3.63) is 42.1 Å². The second-order valence-corrected chi connectivity index (χ2v) is 5.90. The van der Waals surface area contributed by atoms with Gasteiger partial charge in [-0.05, 0) is 43.4 Å². The number of benzene rings is 1. The molecule has 0 aliphatic rings. The molecular formula is C18H26N2. The van der Waals surface area contributed by atoms with Crippen molar-refractivity contribution in [2.24, 2.45) is 5.92 Å².